The molecule has 0 saturated carbocycles. The fourth-order valence-corrected chi connectivity index (χ4v) is 2.87. The number of hydrogen-bond donors (Lipinski definition) is 5. The van der Waals surface area contributed by atoms with E-state index in [1.165, 1.54) is 0 Å². The van der Waals surface area contributed by atoms with Crippen LogP contribution in [0.1, 0.15) is 42.5 Å². The molecule has 21 heavy (non-hydrogen) atoms. The summed E-state index contributed by atoms with van der Waals surface area (Å²) in [5, 5.41) is 0. The summed E-state index contributed by atoms with van der Waals surface area (Å²) in [6, 6.07) is 0. The quantitative estimate of drug-likeness (QED) is 0.390. The molecule has 0 aromatic rings. The van der Waals surface area contributed by atoms with Gasteiger partial charge in [-0.25, -0.2) is 0 Å². The van der Waals surface area contributed by atoms with Crippen LogP contribution in [0.25, 0.3) is 0 Å². The van der Waals surface area contributed by atoms with Crippen molar-refractivity contribution in [3.63, 3.8) is 0 Å². The van der Waals surface area contributed by atoms with Crippen LogP contribution in [-0.2, 0) is 17.7 Å². The topological polar surface area (TPSA) is 153 Å². The van der Waals surface area contributed by atoms with Gasteiger partial charge in [-0.15, -0.1) is 0 Å². The molecule has 0 heterocycles. The molecular formula is C10H35NO8Si2. The first kappa shape index (κ1) is 32.9. The highest BCUT2D eigenvalue weighted by Gasteiger charge is 2.44. The minimum atomic E-state index is -4.61. The Morgan fingerprint density at radius 3 is 0.857 bits per heavy atom. The molecule has 11 heteroatoms. The van der Waals surface area contributed by atoms with Gasteiger partial charge in [0, 0.05) is 26.4 Å². The van der Waals surface area contributed by atoms with E-state index < -0.39 is 18.1 Å². The van der Waals surface area contributed by atoms with Crippen LogP contribution >= 0.6 is 0 Å². The van der Waals surface area contributed by atoms with Crippen LogP contribution in [0.2, 0.25) is 0 Å². The minimum Gasteiger partial charge on any atom is -0.368 e. The lowest BCUT2D eigenvalue weighted by atomic mass is 10.9. The Bertz CT molecular complexity index is 159. The van der Waals surface area contributed by atoms with Crippen LogP contribution in [-0.4, -0.2) is 63.7 Å². The fourth-order valence-electron chi connectivity index (χ4n) is 0.957. The summed E-state index contributed by atoms with van der Waals surface area (Å²) in [6.07, 6.45) is 0. The Hall–Kier alpha value is 0.0738. The summed E-state index contributed by atoms with van der Waals surface area (Å²) < 4.78 is 21.7. The normalized spacial score (nSPS) is 10.3. The molecule has 0 rings (SSSR count). The van der Waals surface area contributed by atoms with Crippen molar-refractivity contribution in [1.29, 1.82) is 0 Å². The van der Waals surface area contributed by atoms with Crippen molar-refractivity contribution in [2.45, 2.75) is 42.5 Å². The van der Waals surface area contributed by atoms with E-state index in [0.29, 0.717) is 26.4 Å². The Morgan fingerprint density at radius 2 is 0.762 bits per heavy atom. The minimum absolute atomic E-state index is 0. The zero-order valence-electron chi connectivity index (χ0n) is 12.0. The predicted molar refractivity (Wildman–Crippen MR) is 85.4 cm³/mol. The predicted octanol–water partition coefficient (Wildman–Crippen LogP) is 0.393. The van der Waals surface area contributed by atoms with Gasteiger partial charge in [0.25, 0.3) is 0 Å². The largest absolute Gasteiger partial charge is 0.679 e. The van der Waals surface area contributed by atoms with Gasteiger partial charge in [0.2, 0.25) is 0 Å². The average Bonchev–Trinajstić information content (AvgIpc) is 2.16. The summed E-state index contributed by atoms with van der Waals surface area (Å²) in [7, 11) is -7.41. The molecule has 0 atom stereocenters. The first-order valence-electron chi connectivity index (χ1n) is 5.69. The summed E-state index contributed by atoms with van der Waals surface area (Å²) in [5.74, 6) is 0. The van der Waals surface area contributed by atoms with Crippen molar-refractivity contribution in [3.05, 3.63) is 0 Å². The molecule has 0 aliphatic carbocycles. The van der Waals surface area contributed by atoms with Crippen LogP contribution < -0.4 is 6.15 Å². The average molecular weight is 354 g/mol. The van der Waals surface area contributed by atoms with E-state index in [-0.39, 0.29) is 21.0 Å². The van der Waals surface area contributed by atoms with Crippen molar-refractivity contribution >= 4 is 18.1 Å². The fraction of sp³-hybridized carbons (Fsp3) is 1.00. The van der Waals surface area contributed by atoms with E-state index in [4.69, 9.17) is 36.9 Å². The molecule has 0 bridgehead atoms. The monoisotopic (exact) mass is 353 g/mol. The smallest absolute Gasteiger partial charge is 0.368 e. The van der Waals surface area contributed by atoms with Gasteiger partial charge < -0.3 is 43.0 Å². The van der Waals surface area contributed by atoms with Crippen LogP contribution in [0.15, 0.2) is 0 Å². The van der Waals surface area contributed by atoms with Crippen molar-refractivity contribution in [2.75, 3.05) is 26.4 Å². The van der Waals surface area contributed by atoms with Crippen molar-refractivity contribution < 1.29 is 36.9 Å². The molecule has 0 spiro atoms. The highest BCUT2D eigenvalue weighted by molar-refractivity contribution is 6.53. The molecule has 7 N–H and O–H groups in total. The van der Waals surface area contributed by atoms with Gasteiger partial charge in [-0.3, -0.25) is 0 Å². The maximum absolute atomic E-state index is 7.33. The molecule has 0 aromatic heterocycles. The van der Waals surface area contributed by atoms with Gasteiger partial charge in [-0.1, -0.05) is 14.9 Å². The molecule has 0 unspecified atom stereocenters. The van der Waals surface area contributed by atoms with Crippen LogP contribution in [0.3, 0.4) is 0 Å². The van der Waals surface area contributed by atoms with E-state index in [1.807, 2.05) is 27.7 Å². The first-order chi connectivity index (χ1) is 8.24. The van der Waals surface area contributed by atoms with E-state index in [0.717, 1.165) is 0 Å². The summed E-state index contributed by atoms with van der Waals surface area (Å²) in [6.45, 7) is 9.80. The van der Waals surface area contributed by atoms with Crippen LogP contribution in [0, 0.1) is 0 Å². The molecular weight excluding hydrogens is 318 g/mol. The van der Waals surface area contributed by atoms with E-state index in [2.05, 4.69) is 0 Å². The third kappa shape index (κ3) is 25.4. The summed E-state index contributed by atoms with van der Waals surface area (Å²) in [5.41, 5.74) is 0. The Morgan fingerprint density at radius 1 is 0.619 bits per heavy atom. The molecule has 0 fully saturated rings. The van der Waals surface area contributed by atoms with E-state index in [9.17, 15) is 0 Å². The standard InChI is InChI=1S/C8H20O4Si.2CH4.H3N.H4O4Si/c1-5-9-13(10-6-2,11-7-3)12-8-4;;;;1-5(2,3)4/h5-8H2,1-4H3;2*1H4;1H3;1-4H. The van der Waals surface area contributed by atoms with Crippen LogP contribution in [0.5, 0.6) is 0 Å². The first-order valence-corrected chi connectivity index (χ1v) is 9.12. The highest BCUT2D eigenvalue weighted by Crippen LogP contribution is 2.11. The third-order valence-electron chi connectivity index (χ3n) is 1.28. The molecule has 136 valence electrons. The SMILES string of the molecule is C.C.CCO[Si](OCC)(OCC)OCC.N.O[Si](O)(O)O. The Balaban J connectivity index is -0.0000000933. The van der Waals surface area contributed by atoms with Crippen molar-refractivity contribution in [1.82, 2.24) is 6.15 Å². The molecule has 0 amide bonds. The van der Waals surface area contributed by atoms with Crippen LogP contribution in [0.4, 0.5) is 0 Å². The third-order valence-corrected chi connectivity index (χ3v) is 3.85. The summed E-state index contributed by atoms with van der Waals surface area (Å²) >= 11 is 0. The molecule has 0 radical (unpaired) electrons. The summed E-state index contributed by atoms with van der Waals surface area (Å²) in [4.78, 5) is 29.3. The maximum atomic E-state index is 7.33. The van der Waals surface area contributed by atoms with Gasteiger partial charge in [0.15, 0.2) is 0 Å². The molecule has 0 aliphatic heterocycles. The second kappa shape index (κ2) is 18.1. The van der Waals surface area contributed by atoms with E-state index >= 15 is 0 Å². The second-order valence-corrected chi connectivity index (χ2v) is 6.19. The number of rotatable bonds is 8. The maximum Gasteiger partial charge on any atom is 0.679 e. The highest BCUT2D eigenvalue weighted by atomic mass is 28.4. The number of hydrogen-bond acceptors (Lipinski definition) is 9. The van der Waals surface area contributed by atoms with Crippen molar-refractivity contribution in [2.24, 2.45) is 0 Å². The van der Waals surface area contributed by atoms with Gasteiger partial charge in [0.05, 0.1) is 0 Å². The molecule has 9 nitrogen and oxygen atoms in total. The lowest BCUT2D eigenvalue weighted by Crippen LogP contribution is -2.49. The molecule has 0 aliphatic rings. The van der Waals surface area contributed by atoms with E-state index in [1.54, 1.807) is 0 Å². The zero-order chi connectivity index (χ0) is 14.7. The van der Waals surface area contributed by atoms with Crippen molar-refractivity contribution in [3.8, 4) is 0 Å². The zero-order valence-corrected chi connectivity index (χ0v) is 14.0. The second-order valence-electron chi connectivity index (χ2n) is 2.83. The molecule has 0 aromatic carbocycles. The Kier molecular flexibility index (Phi) is 28.4. The van der Waals surface area contributed by atoms with Gasteiger partial charge in [-0.2, -0.15) is 0 Å². The van der Waals surface area contributed by atoms with Gasteiger partial charge in [-0.05, 0) is 27.7 Å². The molecule has 0 saturated heterocycles. The lowest BCUT2D eigenvalue weighted by molar-refractivity contribution is -0.0247. The van der Waals surface area contributed by atoms with Gasteiger partial charge in [0.1, 0.15) is 0 Å². The Labute approximate surface area is 131 Å². The lowest BCUT2D eigenvalue weighted by Gasteiger charge is -2.26. The van der Waals surface area contributed by atoms with Gasteiger partial charge >= 0.3 is 18.1 Å².